The molecule has 168 valence electrons. The number of halogens is 4. The number of aromatic amines is 1. The minimum absolute atomic E-state index is 0.0405. The smallest absolute Gasteiger partial charge is 0.393 e. The van der Waals surface area contributed by atoms with Gasteiger partial charge in [-0.1, -0.05) is 11.6 Å². The summed E-state index contributed by atoms with van der Waals surface area (Å²) in [6.45, 7) is 1.56. The quantitative estimate of drug-likeness (QED) is 0.294. The van der Waals surface area contributed by atoms with E-state index in [1.54, 1.807) is 0 Å². The highest BCUT2D eigenvalue weighted by molar-refractivity contribution is 6.44. The molecular weight excluding hydrogens is 439 g/mol. The molecule has 0 saturated carbocycles. The van der Waals surface area contributed by atoms with Crippen LogP contribution >= 0.6 is 11.6 Å². The van der Waals surface area contributed by atoms with Crippen LogP contribution in [-0.2, 0) is 17.5 Å². The number of hydrogen-bond donors (Lipinski definition) is 4. The molecule has 10 nitrogen and oxygen atoms in total. The maximum atomic E-state index is 12.8. The number of H-pyrrole nitrogens is 1. The standard InChI is InChI=1S/C17H21ClF3N9O/c1-24-13(23)11(18)12(22)15(31)26-8-3-2-4-30(6-8)7-10-27-9-5-25-16(17(19,20)21)29-14(9)28-10/h5,8H,2-4,6-7,22H2,1H3,(H2,23,24)(H,26,31)(H,25,27,28,29). The van der Waals surface area contributed by atoms with E-state index in [9.17, 15) is 18.0 Å². The molecule has 0 aromatic carbocycles. The first-order valence-electron chi connectivity index (χ1n) is 9.28. The van der Waals surface area contributed by atoms with E-state index in [1.165, 1.54) is 7.05 Å². The number of nitrogens with two attached hydrogens (primary N) is 2. The minimum Gasteiger partial charge on any atom is -0.393 e. The van der Waals surface area contributed by atoms with Crippen molar-refractivity contribution in [1.82, 2.24) is 30.2 Å². The predicted octanol–water partition coefficient (Wildman–Crippen LogP) is 0.848. The molecule has 3 rings (SSSR count). The van der Waals surface area contributed by atoms with Crippen LogP contribution in [0.4, 0.5) is 13.2 Å². The van der Waals surface area contributed by atoms with Crippen LogP contribution in [0, 0.1) is 0 Å². The summed E-state index contributed by atoms with van der Waals surface area (Å²) in [6, 6.07) is -0.204. The SMILES string of the molecule is CN=C(N)C(Cl)=C(N)C(=O)NC1CCCN(Cc2nc3nc(C(F)(F)F)ncc3[nH]2)C1. The fourth-order valence-corrected chi connectivity index (χ4v) is 3.37. The van der Waals surface area contributed by atoms with E-state index in [0.717, 1.165) is 25.6 Å². The number of nitrogens with zero attached hydrogens (tertiary/aromatic N) is 5. The first-order chi connectivity index (χ1) is 14.6. The highest BCUT2D eigenvalue weighted by Crippen LogP contribution is 2.26. The minimum atomic E-state index is -4.64. The second-order valence-electron chi connectivity index (χ2n) is 7.00. The van der Waals surface area contributed by atoms with Crippen molar-refractivity contribution in [3.05, 3.63) is 28.6 Å². The molecule has 31 heavy (non-hydrogen) atoms. The van der Waals surface area contributed by atoms with Gasteiger partial charge in [0.15, 0.2) is 5.65 Å². The van der Waals surface area contributed by atoms with Gasteiger partial charge in [-0.25, -0.2) is 15.0 Å². The monoisotopic (exact) mass is 459 g/mol. The Balaban J connectivity index is 1.65. The van der Waals surface area contributed by atoms with Crippen molar-refractivity contribution in [2.24, 2.45) is 16.5 Å². The number of amidine groups is 1. The van der Waals surface area contributed by atoms with Crippen LogP contribution in [0.1, 0.15) is 24.5 Å². The Morgan fingerprint density at radius 3 is 2.84 bits per heavy atom. The molecule has 0 spiro atoms. The molecule has 0 aliphatic carbocycles. The number of imidazole rings is 1. The van der Waals surface area contributed by atoms with Crippen LogP contribution in [0.5, 0.6) is 0 Å². The number of alkyl halides is 3. The Morgan fingerprint density at radius 1 is 1.42 bits per heavy atom. The lowest BCUT2D eigenvalue weighted by Gasteiger charge is -2.32. The number of amides is 1. The molecule has 2 aromatic rings. The molecule has 2 aromatic heterocycles. The van der Waals surface area contributed by atoms with Gasteiger partial charge in [0.05, 0.1) is 12.7 Å². The second kappa shape index (κ2) is 9.06. The van der Waals surface area contributed by atoms with Crippen molar-refractivity contribution in [3.63, 3.8) is 0 Å². The molecule has 0 radical (unpaired) electrons. The summed E-state index contributed by atoms with van der Waals surface area (Å²) in [5, 5.41) is 2.69. The number of nitrogens with one attached hydrogen (secondary N) is 2. The van der Waals surface area contributed by atoms with Crippen molar-refractivity contribution < 1.29 is 18.0 Å². The molecule has 14 heteroatoms. The van der Waals surface area contributed by atoms with Gasteiger partial charge in [-0.2, -0.15) is 13.2 Å². The molecule has 3 heterocycles. The summed E-state index contributed by atoms with van der Waals surface area (Å²) in [7, 11) is 1.43. The van der Waals surface area contributed by atoms with Crippen LogP contribution < -0.4 is 16.8 Å². The fourth-order valence-electron chi connectivity index (χ4n) is 3.20. The molecule has 6 N–H and O–H groups in total. The zero-order valence-electron chi connectivity index (χ0n) is 16.5. The lowest BCUT2D eigenvalue weighted by atomic mass is 10.1. The van der Waals surface area contributed by atoms with Gasteiger partial charge in [0.1, 0.15) is 27.9 Å². The van der Waals surface area contributed by atoms with Crippen LogP contribution in [0.25, 0.3) is 11.2 Å². The van der Waals surface area contributed by atoms with E-state index < -0.39 is 17.9 Å². The molecule has 0 bridgehead atoms. The van der Waals surface area contributed by atoms with Gasteiger partial charge in [0.25, 0.3) is 5.91 Å². The lowest BCUT2D eigenvalue weighted by Crippen LogP contribution is -2.48. The second-order valence-corrected chi connectivity index (χ2v) is 7.37. The molecule has 1 aliphatic rings. The number of aromatic nitrogens is 4. The Kier molecular flexibility index (Phi) is 6.65. The van der Waals surface area contributed by atoms with E-state index in [2.05, 4.69) is 30.2 Å². The third-order valence-electron chi connectivity index (χ3n) is 4.70. The highest BCUT2D eigenvalue weighted by atomic mass is 35.5. The lowest BCUT2D eigenvalue weighted by molar-refractivity contribution is -0.144. The third kappa shape index (κ3) is 5.41. The predicted molar refractivity (Wildman–Crippen MR) is 108 cm³/mol. The van der Waals surface area contributed by atoms with Crippen molar-refractivity contribution in [2.45, 2.75) is 31.6 Å². The molecule has 1 amide bonds. The number of carbonyl (C=O) groups excluding carboxylic acids is 1. The summed E-state index contributed by atoms with van der Waals surface area (Å²) < 4.78 is 38.3. The Morgan fingerprint density at radius 2 is 2.16 bits per heavy atom. The van der Waals surface area contributed by atoms with E-state index in [-0.39, 0.29) is 28.3 Å². The highest BCUT2D eigenvalue weighted by Gasteiger charge is 2.35. The summed E-state index contributed by atoms with van der Waals surface area (Å²) >= 11 is 5.94. The van der Waals surface area contributed by atoms with Crippen molar-refractivity contribution in [3.8, 4) is 0 Å². The Bertz CT molecular complexity index is 1030. The van der Waals surface area contributed by atoms with E-state index in [0.29, 0.717) is 24.4 Å². The summed E-state index contributed by atoms with van der Waals surface area (Å²) in [6.07, 6.45) is -2.06. The zero-order chi connectivity index (χ0) is 22.8. The van der Waals surface area contributed by atoms with Gasteiger partial charge in [0, 0.05) is 19.6 Å². The molecule has 1 atom stereocenters. The Labute approximate surface area is 180 Å². The maximum Gasteiger partial charge on any atom is 0.451 e. The topological polar surface area (TPSA) is 151 Å². The summed E-state index contributed by atoms with van der Waals surface area (Å²) in [4.78, 5) is 31.9. The molecule has 1 saturated heterocycles. The normalized spacial score (nSPS) is 19.4. The zero-order valence-corrected chi connectivity index (χ0v) is 17.3. The van der Waals surface area contributed by atoms with E-state index in [1.807, 2.05) is 4.90 Å². The fraction of sp³-hybridized carbons (Fsp3) is 0.471. The maximum absolute atomic E-state index is 12.8. The van der Waals surface area contributed by atoms with Gasteiger partial charge in [-0.15, -0.1) is 0 Å². The van der Waals surface area contributed by atoms with Crippen molar-refractivity contribution >= 4 is 34.5 Å². The van der Waals surface area contributed by atoms with Gasteiger partial charge < -0.3 is 21.8 Å². The van der Waals surface area contributed by atoms with Crippen molar-refractivity contribution in [2.75, 3.05) is 20.1 Å². The van der Waals surface area contributed by atoms with Crippen LogP contribution in [-0.4, -0.2) is 62.8 Å². The largest absolute Gasteiger partial charge is 0.451 e. The van der Waals surface area contributed by atoms with Gasteiger partial charge in [-0.05, 0) is 19.4 Å². The van der Waals surface area contributed by atoms with Crippen LogP contribution in [0.3, 0.4) is 0 Å². The first kappa shape index (κ1) is 22.7. The number of rotatable bonds is 5. The summed E-state index contributed by atoms with van der Waals surface area (Å²) in [5.41, 5.74) is 11.4. The van der Waals surface area contributed by atoms with Gasteiger partial charge >= 0.3 is 6.18 Å². The third-order valence-corrected chi connectivity index (χ3v) is 5.10. The molecule has 1 aliphatic heterocycles. The average molecular weight is 460 g/mol. The van der Waals surface area contributed by atoms with E-state index in [4.69, 9.17) is 23.1 Å². The number of fused-ring (bicyclic) bond motifs is 1. The van der Waals surface area contributed by atoms with Crippen molar-refractivity contribution in [1.29, 1.82) is 0 Å². The van der Waals surface area contributed by atoms with Gasteiger partial charge in [-0.3, -0.25) is 14.7 Å². The van der Waals surface area contributed by atoms with Gasteiger partial charge in [0.2, 0.25) is 5.82 Å². The van der Waals surface area contributed by atoms with Crippen LogP contribution in [0.15, 0.2) is 21.9 Å². The number of piperidine rings is 1. The number of carbonyl (C=O) groups is 1. The van der Waals surface area contributed by atoms with Crippen LogP contribution in [0.2, 0.25) is 0 Å². The average Bonchev–Trinajstić information content (AvgIpc) is 3.13. The van der Waals surface area contributed by atoms with E-state index >= 15 is 0 Å². The molecule has 1 unspecified atom stereocenters. The number of likely N-dealkylation sites (tertiary alicyclic amines) is 1. The Hall–Kier alpha value is -2.93. The number of aliphatic imine (C=N–C) groups is 1. The summed E-state index contributed by atoms with van der Waals surface area (Å²) in [5.74, 6) is -1.38. The molecule has 1 fully saturated rings. The molecular formula is C17H21ClF3N9O. The first-order valence-corrected chi connectivity index (χ1v) is 9.66. The number of hydrogen-bond acceptors (Lipinski definition) is 7.